The summed E-state index contributed by atoms with van der Waals surface area (Å²) in [6.45, 7) is 0. The molecule has 76 valence electrons. The minimum atomic E-state index is -0.0901. The van der Waals surface area contributed by atoms with E-state index < -0.39 is 0 Å². The molecule has 0 saturated heterocycles. The fraction of sp³-hybridized carbons (Fsp3) is 0.0909. The predicted molar refractivity (Wildman–Crippen MR) is 62.9 cm³/mol. The normalized spacial score (nSPS) is 10.2. The van der Waals surface area contributed by atoms with Crippen LogP contribution in [0.5, 0.6) is 0 Å². The molecule has 0 bridgehead atoms. The van der Waals surface area contributed by atoms with E-state index in [4.69, 9.17) is 0 Å². The average Bonchev–Trinajstić information content (AvgIpc) is 2.31. The van der Waals surface area contributed by atoms with Gasteiger partial charge in [0.15, 0.2) is 0 Å². The van der Waals surface area contributed by atoms with E-state index in [1.54, 1.807) is 18.6 Å². The topological polar surface area (TPSA) is 45.8 Å². The predicted octanol–water partition coefficient (Wildman–Crippen LogP) is 2.33. The van der Waals surface area contributed by atoms with Gasteiger partial charge in [0.25, 0.3) is 5.56 Å². The molecule has 0 atom stereocenters. The van der Waals surface area contributed by atoms with Crippen molar-refractivity contribution in [3.63, 3.8) is 0 Å². The van der Waals surface area contributed by atoms with Crippen LogP contribution in [-0.2, 0) is 5.33 Å². The largest absolute Gasteiger partial charge is 0.328 e. The lowest BCUT2D eigenvalue weighted by Crippen LogP contribution is -2.08. The van der Waals surface area contributed by atoms with Gasteiger partial charge in [-0.1, -0.05) is 22.0 Å². The Balaban J connectivity index is 2.57. The van der Waals surface area contributed by atoms with E-state index >= 15 is 0 Å². The molecule has 2 heterocycles. The molecular weight excluding hydrogens is 256 g/mol. The van der Waals surface area contributed by atoms with Crippen LogP contribution >= 0.6 is 15.9 Å². The summed E-state index contributed by atoms with van der Waals surface area (Å²) >= 11 is 3.35. The Labute approximate surface area is 95.3 Å². The van der Waals surface area contributed by atoms with Gasteiger partial charge < -0.3 is 4.98 Å². The number of alkyl halides is 1. The van der Waals surface area contributed by atoms with E-state index in [0.717, 1.165) is 16.5 Å². The van der Waals surface area contributed by atoms with Crippen molar-refractivity contribution in [2.45, 2.75) is 5.33 Å². The molecule has 2 rings (SSSR count). The molecule has 0 spiro atoms. The number of pyridine rings is 2. The zero-order chi connectivity index (χ0) is 10.7. The van der Waals surface area contributed by atoms with Crippen LogP contribution in [-0.4, -0.2) is 9.97 Å². The number of nitrogens with zero attached hydrogens (tertiary/aromatic N) is 1. The highest BCUT2D eigenvalue weighted by molar-refractivity contribution is 9.08. The molecular formula is C11H9BrN2O. The van der Waals surface area contributed by atoms with Crippen molar-refractivity contribution in [3.8, 4) is 11.1 Å². The molecule has 2 aromatic rings. The number of halogens is 1. The zero-order valence-corrected chi connectivity index (χ0v) is 9.49. The number of nitrogens with one attached hydrogen (secondary N) is 1. The maximum Gasteiger partial charge on any atom is 0.255 e. The molecule has 3 nitrogen and oxygen atoms in total. The first-order valence-electron chi connectivity index (χ1n) is 4.49. The summed E-state index contributed by atoms with van der Waals surface area (Å²) in [6.07, 6.45) is 5.07. The Kier molecular flexibility index (Phi) is 2.97. The summed E-state index contributed by atoms with van der Waals surface area (Å²) in [5.74, 6) is 0. The number of aromatic nitrogens is 2. The molecule has 0 radical (unpaired) electrons. The molecule has 2 aromatic heterocycles. The monoisotopic (exact) mass is 264 g/mol. The van der Waals surface area contributed by atoms with E-state index in [-0.39, 0.29) is 5.56 Å². The van der Waals surface area contributed by atoms with Crippen molar-refractivity contribution in [1.29, 1.82) is 0 Å². The zero-order valence-electron chi connectivity index (χ0n) is 7.90. The quantitative estimate of drug-likeness (QED) is 0.847. The van der Waals surface area contributed by atoms with E-state index in [0.29, 0.717) is 5.56 Å². The van der Waals surface area contributed by atoms with Gasteiger partial charge in [-0.15, -0.1) is 0 Å². The van der Waals surface area contributed by atoms with Crippen molar-refractivity contribution in [2.24, 2.45) is 0 Å². The molecule has 0 amide bonds. The molecule has 0 unspecified atom stereocenters. The van der Waals surface area contributed by atoms with Gasteiger partial charge in [0.2, 0.25) is 0 Å². The van der Waals surface area contributed by atoms with Crippen LogP contribution in [0.15, 0.2) is 41.6 Å². The summed E-state index contributed by atoms with van der Waals surface area (Å²) < 4.78 is 0. The smallest absolute Gasteiger partial charge is 0.255 e. The summed E-state index contributed by atoms with van der Waals surface area (Å²) in [4.78, 5) is 18.3. The lowest BCUT2D eigenvalue weighted by atomic mass is 10.1. The van der Waals surface area contributed by atoms with Crippen molar-refractivity contribution < 1.29 is 0 Å². The van der Waals surface area contributed by atoms with Crippen LogP contribution < -0.4 is 5.56 Å². The first-order chi connectivity index (χ1) is 7.31. The first-order valence-corrected chi connectivity index (χ1v) is 5.61. The van der Waals surface area contributed by atoms with E-state index in [9.17, 15) is 4.79 Å². The highest BCUT2D eigenvalue weighted by atomic mass is 79.9. The summed E-state index contributed by atoms with van der Waals surface area (Å²) in [5, 5.41) is 0.719. The number of hydrogen-bond donors (Lipinski definition) is 1. The van der Waals surface area contributed by atoms with Gasteiger partial charge in [0.05, 0.1) is 0 Å². The SMILES string of the molecule is O=c1[nH]cc(CBr)cc1-c1cccnc1. The third kappa shape index (κ3) is 2.15. The summed E-state index contributed by atoms with van der Waals surface area (Å²) in [6, 6.07) is 5.55. The van der Waals surface area contributed by atoms with Crippen LogP contribution in [0, 0.1) is 0 Å². The second kappa shape index (κ2) is 4.40. The lowest BCUT2D eigenvalue weighted by Gasteiger charge is -2.01. The van der Waals surface area contributed by atoms with Gasteiger partial charge in [-0.2, -0.15) is 0 Å². The van der Waals surface area contributed by atoms with Crippen molar-refractivity contribution >= 4 is 15.9 Å². The molecule has 0 aromatic carbocycles. The Bertz CT molecular complexity index is 507. The van der Waals surface area contributed by atoms with E-state index in [1.165, 1.54) is 0 Å². The minimum absolute atomic E-state index is 0.0901. The molecule has 0 fully saturated rings. The molecule has 0 aliphatic rings. The maximum atomic E-state index is 11.6. The summed E-state index contributed by atoms with van der Waals surface area (Å²) in [5.41, 5.74) is 2.43. The second-order valence-corrected chi connectivity index (χ2v) is 3.69. The molecule has 0 saturated carbocycles. The first kappa shape index (κ1) is 10.1. The minimum Gasteiger partial charge on any atom is -0.328 e. The van der Waals surface area contributed by atoms with Gasteiger partial charge in [0.1, 0.15) is 0 Å². The number of hydrogen-bond acceptors (Lipinski definition) is 2. The molecule has 0 aliphatic heterocycles. The van der Waals surface area contributed by atoms with Gasteiger partial charge in [-0.05, 0) is 17.7 Å². The van der Waals surface area contributed by atoms with E-state index in [1.807, 2.05) is 18.2 Å². The molecule has 0 aliphatic carbocycles. The third-order valence-electron chi connectivity index (χ3n) is 2.09. The Hall–Kier alpha value is -1.42. The highest BCUT2D eigenvalue weighted by Crippen LogP contribution is 2.15. The summed E-state index contributed by atoms with van der Waals surface area (Å²) in [7, 11) is 0. The van der Waals surface area contributed by atoms with Gasteiger partial charge in [-0.25, -0.2) is 0 Å². The van der Waals surface area contributed by atoms with Crippen LogP contribution in [0.3, 0.4) is 0 Å². The Morgan fingerprint density at radius 3 is 3.00 bits per heavy atom. The third-order valence-corrected chi connectivity index (χ3v) is 2.74. The second-order valence-electron chi connectivity index (χ2n) is 3.13. The van der Waals surface area contributed by atoms with Crippen LogP contribution in [0.2, 0.25) is 0 Å². The highest BCUT2D eigenvalue weighted by Gasteiger charge is 2.03. The van der Waals surface area contributed by atoms with Crippen LogP contribution in [0.1, 0.15) is 5.56 Å². The number of H-pyrrole nitrogens is 1. The van der Waals surface area contributed by atoms with Gasteiger partial charge in [-0.3, -0.25) is 9.78 Å². The standard InChI is InChI=1S/C11H9BrN2O/c12-5-8-4-10(11(15)14-6-8)9-2-1-3-13-7-9/h1-4,6-7H,5H2,(H,14,15). The van der Waals surface area contributed by atoms with Gasteiger partial charge in [0, 0.05) is 35.0 Å². The Morgan fingerprint density at radius 2 is 2.33 bits per heavy atom. The Morgan fingerprint density at radius 1 is 1.47 bits per heavy atom. The van der Waals surface area contributed by atoms with Crippen LogP contribution in [0.4, 0.5) is 0 Å². The molecule has 15 heavy (non-hydrogen) atoms. The van der Waals surface area contributed by atoms with E-state index in [2.05, 4.69) is 25.9 Å². The van der Waals surface area contributed by atoms with Crippen molar-refractivity contribution in [1.82, 2.24) is 9.97 Å². The maximum absolute atomic E-state index is 11.6. The molecule has 4 heteroatoms. The van der Waals surface area contributed by atoms with Gasteiger partial charge >= 0.3 is 0 Å². The number of aromatic amines is 1. The fourth-order valence-electron chi connectivity index (χ4n) is 1.34. The van der Waals surface area contributed by atoms with Crippen molar-refractivity contribution in [2.75, 3.05) is 0 Å². The van der Waals surface area contributed by atoms with Crippen molar-refractivity contribution in [3.05, 3.63) is 52.7 Å². The fourth-order valence-corrected chi connectivity index (χ4v) is 1.67. The lowest BCUT2D eigenvalue weighted by molar-refractivity contribution is 1.19. The van der Waals surface area contributed by atoms with Crippen LogP contribution in [0.25, 0.3) is 11.1 Å². The number of rotatable bonds is 2. The average molecular weight is 265 g/mol. The molecule has 1 N–H and O–H groups in total.